The van der Waals surface area contributed by atoms with E-state index in [0.717, 1.165) is 4.90 Å². The van der Waals surface area contributed by atoms with Gasteiger partial charge in [-0.1, -0.05) is 6.92 Å². The Morgan fingerprint density at radius 1 is 1.24 bits per heavy atom. The number of hydrogen-bond acceptors (Lipinski definition) is 5. The van der Waals surface area contributed by atoms with Crippen LogP contribution >= 0.6 is 0 Å². The summed E-state index contributed by atoms with van der Waals surface area (Å²) >= 11 is 0. The van der Waals surface area contributed by atoms with Crippen LogP contribution < -0.4 is 0 Å². The molecule has 1 aliphatic rings. The van der Waals surface area contributed by atoms with Crippen molar-refractivity contribution in [3.05, 3.63) is 0 Å². The van der Waals surface area contributed by atoms with Crippen LogP contribution in [0.2, 0.25) is 0 Å². The van der Waals surface area contributed by atoms with Gasteiger partial charge in [0, 0.05) is 12.8 Å². The van der Waals surface area contributed by atoms with Gasteiger partial charge >= 0.3 is 5.97 Å². The van der Waals surface area contributed by atoms with E-state index in [9.17, 15) is 14.4 Å². The van der Waals surface area contributed by atoms with Gasteiger partial charge in [0.25, 0.3) is 0 Å². The number of aliphatic hydroxyl groups excluding tert-OH is 2. The van der Waals surface area contributed by atoms with Crippen LogP contribution in [0.25, 0.3) is 0 Å². The lowest BCUT2D eigenvalue weighted by molar-refractivity contribution is -0.154. The summed E-state index contributed by atoms with van der Waals surface area (Å²) in [4.78, 5) is 33.8. The average molecular weight is 247 g/mol. The molecular weight excluding hydrogens is 230 g/mol. The maximum Gasteiger partial charge on any atom is 0.326 e. The van der Waals surface area contributed by atoms with E-state index in [2.05, 4.69) is 0 Å². The van der Waals surface area contributed by atoms with Crippen LogP contribution in [-0.2, 0) is 14.4 Å². The standard InChI is InChI=1S/C8H11NO4.C2H6O2/c1-2-5(8(12)13)9-6(10)3-4-7(9)11;3-1-2-4/h5H,2-4H2,1H3,(H,12,13);3-4H,1-2H2. The van der Waals surface area contributed by atoms with Crippen LogP contribution in [-0.4, -0.2) is 57.3 Å². The maximum atomic E-state index is 11.1. The quantitative estimate of drug-likeness (QED) is 0.547. The van der Waals surface area contributed by atoms with Crippen molar-refractivity contribution in [3.63, 3.8) is 0 Å². The monoisotopic (exact) mass is 247 g/mol. The van der Waals surface area contributed by atoms with E-state index in [4.69, 9.17) is 15.3 Å². The van der Waals surface area contributed by atoms with Crippen molar-refractivity contribution in [2.24, 2.45) is 0 Å². The van der Waals surface area contributed by atoms with Crippen LogP contribution in [0.15, 0.2) is 0 Å². The van der Waals surface area contributed by atoms with E-state index < -0.39 is 12.0 Å². The van der Waals surface area contributed by atoms with Gasteiger partial charge in [0.2, 0.25) is 11.8 Å². The molecule has 1 fully saturated rings. The van der Waals surface area contributed by atoms with Crippen molar-refractivity contribution < 1.29 is 29.7 Å². The minimum atomic E-state index is -1.12. The second kappa shape index (κ2) is 7.75. The minimum absolute atomic E-state index is 0.125. The fourth-order valence-corrected chi connectivity index (χ4v) is 1.41. The number of aliphatic carboxylic acids is 1. The first-order valence-corrected chi connectivity index (χ1v) is 5.28. The van der Waals surface area contributed by atoms with Crippen LogP contribution in [0, 0.1) is 0 Å². The molecule has 7 heteroatoms. The number of carboxylic acids is 1. The van der Waals surface area contributed by atoms with Crippen molar-refractivity contribution in [3.8, 4) is 0 Å². The van der Waals surface area contributed by atoms with Crippen LogP contribution in [0.5, 0.6) is 0 Å². The Hall–Kier alpha value is -1.47. The zero-order valence-corrected chi connectivity index (χ0v) is 9.63. The molecule has 0 aromatic heterocycles. The Bertz CT molecular complexity index is 273. The Morgan fingerprint density at radius 3 is 1.88 bits per heavy atom. The van der Waals surface area contributed by atoms with Crippen molar-refractivity contribution in [1.29, 1.82) is 0 Å². The minimum Gasteiger partial charge on any atom is -0.480 e. The van der Waals surface area contributed by atoms with Crippen molar-refractivity contribution in [2.45, 2.75) is 32.2 Å². The number of nitrogens with zero attached hydrogens (tertiary/aromatic N) is 1. The van der Waals surface area contributed by atoms with E-state index in [-0.39, 0.29) is 44.3 Å². The lowest BCUT2D eigenvalue weighted by Crippen LogP contribution is -2.43. The number of likely N-dealkylation sites (tertiary alicyclic amines) is 1. The normalized spacial score (nSPS) is 16.5. The number of imide groups is 1. The van der Waals surface area contributed by atoms with Crippen molar-refractivity contribution in [1.82, 2.24) is 4.90 Å². The Morgan fingerprint density at radius 2 is 1.65 bits per heavy atom. The molecular formula is C10H17NO6. The van der Waals surface area contributed by atoms with Gasteiger partial charge in [0.15, 0.2) is 0 Å². The van der Waals surface area contributed by atoms with Gasteiger partial charge in [-0.25, -0.2) is 4.79 Å². The predicted molar refractivity (Wildman–Crippen MR) is 57.0 cm³/mol. The molecule has 0 radical (unpaired) electrons. The second-order valence-corrected chi connectivity index (χ2v) is 3.37. The lowest BCUT2D eigenvalue weighted by atomic mass is 10.2. The third-order valence-electron chi connectivity index (χ3n) is 2.17. The zero-order chi connectivity index (χ0) is 13.4. The molecule has 1 rings (SSSR count). The molecule has 1 saturated heterocycles. The molecule has 0 aromatic rings. The molecule has 0 aliphatic carbocycles. The summed E-state index contributed by atoms with van der Waals surface area (Å²) in [6.45, 7) is 1.39. The Kier molecular flexibility index (Phi) is 7.08. The first-order chi connectivity index (χ1) is 7.99. The molecule has 0 spiro atoms. The van der Waals surface area contributed by atoms with E-state index >= 15 is 0 Å². The van der Waals surface area contributed by atoms with Gasteiger partial charge in [0.1, 0.15) is 6.04 Å². The molecule has 2 amide bonds. The molecule has 1 heterocycles. The summed E-state index contributed by atoms with van der Waals surface area (Å²) in [6, 6.07) is -0.984. The fraction of sp³-hybridized carbons (Fsp3) is 0.700. The van der Waals surface area contributed by atoms with Gasteiger partial charge in [-0.15, -0.1) is 0 Å². The molecule has 0 aromatic carbocycles. The molecule has 1 unspecified atom stereocenters. The summed E-state index contributed by atoms with van der Waals surface area (Å²) in [6.07, 6.45) is 0.540. The number of amides is 2. The van der Waals surface area contributed by atoms with E-state index in [1.54, 1.807) is 6.92 Å². The third-order valence-corrected chi connectivity index (χ3v) is 2.17. The predicted octanol–water partition coefficient (Wildman–Crippen LogP) is -1.03. The molecule has 0 saturated carbocycles. The number of carbonyl (C=O) groups is 3. The van der Waals surface area contributed by atoms with Crippen molar-refractivity contribution in [2.75, 3.05) is 13.2 Å². The molecule has 0 bridgehead atoms. The lowest BCUT2D eigenvalue weighted by Gasteiger charge is -2.20. The Labute approximate surface area is 98.7 Å². The first kappa shape index (κ1) is 15.5. The topological polar surface area (TPSA) is 115 Å². The number of carboxylic acid groups (broad SMARTS) is 1. The van der Waals surface area contributed by atoms with Crippen molar-refractivity contribution >= 4 is 17.8 Å². The van der Waals surface area contributed by atoms with Gasteiger partial charge in [-0.05, 0) is 6.42 Å². The van der Waals surface area contributed by atoms with Gasteiger partial charge in [-0.3, -0.25) is 14.5 Å². The van der Waals surface area contributed by atoms with E-state index in [1.807, 2.05) is 0 Å². The summed E-state index contributed by atoms with van der Waals surface area (Å²) in [5.74, 6) is -1.87. The molecule has 17 heavy (non-hydrogen) atoms. The van der Waals surface area contributed by atoms with Crippen LogP contribution in [0.1, 0.15) is 26.2 Å². The van der Waals surface area contributed by atoms with Crippen LogP contribution in [0.4, 0.5) is 0 Å². The van der Waals surface area contributed by atoms with E-state index in [0.29, 0.717) is 0 Å². The SMILES string of the molecule is CCC(C(=O)O)N1C(=O)CCC1=O.OCCO. The summed E-state index contributed by atoms with van der Waals surface area (Å²) in [7, 11) is 0. The summed E-state index contributed by atoms with van der Waals surface area (Å²) < 4.78 is 0. The Balaban J connectivity index is 0.000000557. The highest BCUT2D eigenvalue weighted by Crippen LogP contribution is 2.17. The number of carbonyl (C=O) groups excluding carboxylic acids is 2. The highest BCUT2D eigenvalue weighted by molar-refractivity contribution is 6.04. The zero-order valence-electron chi connectivity index (χ0n) is 9.63. The van der Waals surface area contributed by atoms with Gasteiger partial charge < -0.3 is 15.3 Å². The molecule has 7 nitrogen and oxygen atoms in total. The molecule has 1 atom stereocenters. The molecule has 98 valence electrons. The fourth-order valence-electron chi connectivity index (χ4n) is 1.41. The van der Waals surface area contributed by atoms with Gasteiger partial charge in [-0.2, -0.15) is 0 Å². The highest BCUT2D eigenvalue weighted by Gasteiger charge is 2.37. The summed E-state index contributed by atoms with van der Waals surface area (Å²) in [5, 5.41) is 24.0. The second-order valence-electron chi connectivity index (χ2n) is 3.37. The largest absolute Gasteiger partial charge is 0.480 e. The van der Waals surface area contributed by atoms with Gasteiger partial charge in [0.05, 0.1) is 13.2 Å². The highest BCUT2D eigenvalue weighted by atomic mass is 16.4. The number of rotatable bonds is 4. The third kappa shape index (κ3) is 4.49. The van der Waals surface area contributed by atoms with E-state index in [1.165, 1.54) is 0 Å². The number of hydrogen-bond donors (Lipinski definition) is 3. The first-order valence-electron chi connectivity index (χ1n) is 5.28. The van der Waals surface area contributed by atoms with Crippen LogP contribution in [0.3, 0.4) is 0 Å². The number of aliphatic hydroxyl groups is 2. The molecule has 3 N–H and O–H groups in total. The maximum absolute atomic E-state index is 11.1. The summed E-state index contributed by atoms with van der Waals surface area (Å²) in [5.41, 5.74) is 0. The average Bonchev–Trinajstić information content (AvgIpc) is 2.62. The smallest absolute Gasteiger partial charge is 0.326 e. The molecule has 1 aliphatic heterocycles.